The van der Waals surface area contributed by atoms with Crippen molar-refractivity contribution in [3.05, 3.63) is 29.3 Å². The summed E-state index contributed by atoms with van der Waals surface area (Å²) < 4.78 is 0. The van der Waals surface area contributed by atoms with Crippen molar-refractivity contribution in [2.24, 2.45) is 5.41 Å². The third-order valence-corrected chi connectivity index (χ3v) is 4.43. The van der Waals surface area contributed by atoms with Crippen LogP contribution in [0.2, 0.25) is 0 Å². The van der Waals surface area contributed by atoms with Crippen LogP contribution in [-0.4, -0.2) is 19.5 Å². The van der Waals surface area contributed by atoms with E-state index in [9.17, 15) is 4.79 Å². The van der Waals surface area contributed by atoms with E-state index in [-0.39, 0.29) is 11.3 Å². The predicted molar refractivity (Wildman–Crippen MR) is 84.3 cm³/mol. The molecule has 0 radical (unpaired) electrons. The van der Waals surface area contributed by atoms with Gasteiger partial charge < -0.3 is 10.6 Å². The Bertz CT molecular complexity index is 476. The summed E-state index contributed by atoms with van der Waals surface area (Å²) in [7, 11) is 1.86. The lowest BCUT2D eigenvalue weighted by Crippen LogP contribution is -2.37. The fourth-order valence-corrected chi connectivity index (χ4v) is 3.03. The summed E-state index contributed by atoms with van der Waals surface area (Å²) in [4.78, 5) is 12.4. The molecule has 1 fully saturated rings. The highest BCUT2D eigenvalue weighted by atomic mass is 16.1. The summed E-state index contributed by atoms with van der Waals surface area (Å²) in [6.45, 7) is 5.11. The second kappa shape index (κ2) is 6.29. The largest absolute Gasteiger partial charge is 0.387 e. The number of rotatable bonds is 4. The maximum absolute atomic E-state index is 12.4. The molecule has 0 unspecified atom stereocenters. The Morgan fingerprint density at radius 3 is 2.60 bits per heavy atom. The van der Waals surface area contributed by atoms with Gasteiger partial charge in [-0.05, 0) is 42.9 Å². The number of carbonyl (C=O) groups excluding carboxylic acids is 1. The van der Waals surface area contributed by atoms with Gasteiger partial charge in [0.15, 0.2) is 0 Å². The lowest BCUT2D eigenvalue weighted by atomic mass is 9.76. The molecule has 20 heavy (non-hydrogen) atoms. The maximum Gasteiger partial charge on any atom is 0.253 e. The zero-order valence-electron chi connectivity index (χ0n) is 12.9. The van der Waals surface area contributed by atoms with Crippen LogP contribution in [-0.2, 0) is 0 Å². The number of anilines is 1. The number of hydrogen-bond acceptors (Lipinski definition) is 2. The highest BCUT2D eigenvalue weighted by molar-refractivity contribution is 5.99. The van der Waals surface area contributed by atoms with Gasteiger partial charge in [-0.25, -0.2) is 0 Å². The van der Waals surface area contributed by atoms with Crippen LogP contribution in [0.25, 0.3) is 0 Å². The molecule has 3 heteroatoms. The Hall–Kier alpha value is -1.51. The number of benzene rings is 1. The smallest absolute Gasteiger partial charge is 0.253 e. The molecule has 0 aromatic heterocycles. The van der Waals surface area contributed by atoms with Gasteiger partial charge in [-0.1, -0.05) is 32.3 Å². The standard InChI is InChI=1S/C17H26N2O/c1-13-7-8-14(15(11-13)18-3)16(20)19-12-17(2)9-5-4-6-10-17/h7-8,11,18H,4-6,9-10,12H2,1-3H3,(H,19,20). The zero-order chi connectivity index (χ0) is 14.6. The summed E-state index contributed by atoms with van der Waals surface area (Å²) in [5, 5.41) is 6.23. The second-order valence-electron chi connectivity index (χ2n) is 6.35. The summed E-state index contributed by atoms with van der Waals surface area (Å²) >= 11 is 0. The molecule has 1 aromatic carbocycles. The summed E-state index contributed by atoms with van der Waals surface area (Å²) in [5.41, 5.74) is 3.07. The van der Waals surface area contributed by atoms with E-state index < -0.39 is 0 Å². The molecule has 0 aliphatic heterocycles. The maximum atomic E-state index is 12.4. The van der Waals surface area contributed by atoms with Crippen LogP contribution in [0.4, 0.5) is 5.69 Å². The first-order valence-electron chi connectivity index (χ1n) is 7.61. The number of hydrogen-bond donors (Lipinski definition) is 2. The van der Waals surface area contributed by atoms with Crippen LogP contribution in [0.5, 0.6) is 0 Å². The molecule has 0 bridgehead atoms. The fourth-order valence-electron chi connectivity index (χ4n) is 3.03. The quantitative estimate of drug-likeness (QED) is 0.878. The van der Waals surface area contributed by atoms with Gasteiger partial charge in [0.05, 0.1) is 5.56 Å². The molecule has 0 atom stereocenters. The molecule has 1 amide bonds. The minimum Gasteiger partial charge on any atom is -0.387 e. The minimum absolute atomic E-state index is 0.0288. The first-order chi connectivity index (χ1) is 9.54. The van der Waals surface area contributed by atoms with E-state index in [1.165, 1.54) is 32.1 Å². The molecule has 0 heterocycles. The number of nitrogens with one attached hydrogen (secondary N) is 2. The number of amides is 1. The fraction of sp³-hybridized carbons (Fsp3) is 0.588. The lowest BCUT2D eigenvalue weighted by molar-refractivity contribution is 0.0920. The van der Waals surface area contributed by atoms with E-state index in [2.05, 4.69) is 17.6 Å². The van der Waals surface area contributed by atoms with Crippen molar-refractivity contribution in [1.29, 1.82) is 0 Å². The highest BCUT2D eigenvalue weighted by Crippen LogP contribution is 2.35. The molecule has 0 spiro atoms. The molecule has 1 saturated carbocycles. The first-order valence-corrected chi connectivity index (χ1v) is 7.61. The Kier molecular flexibility index (Phi) is 4.69. The third-order valence-electron chi connectivity index (χ3n) is 4.43. The van der Waals surface area contributed by atoms with Crippen LogP contribution in [0.1, 0.15) is 54.9 Å². The van der Waals surface area contributed by atoms with Gasteiger partial charge in [0.25, 0.3) is 5.91 Å². The van der Waals surface area contributed by atoms with E-state index in [0.717, 1.165) is 23.4 Å². The molecule has 2 rings (SSSR count). The Balaban J connectivity index is 2.01. The summed E-state index contributed by atoms with van der Waals surface area (Å²) in [5.74, 6) is 0.0288. The van der Waals surface area contributed by atoms with Crippen molar-refractivity contribution in [3.63, 3.8) is 0 Å². The Morgan fingerprint density at radius 1 is 1.25 bits per heavy atom. The predicted octanol–water partition coefficient (Wildman–Crippen LogP) is 3.74. The molecule has 110 valence electrons. The van der Waals surface area contributed by atoms with Crippen LogP contribution in [0, 0.1) is 12.3 Å². The van der Waals surface area contributed by atoms with Crippen LogP contribution >= 0.6 is 0 Å². The van der Waals surface area contributed by atoms with Gasteiger partial charge >= 0.3 is 0 Å². The third kappa shape index (κ3) is 3.53. The Morgan fingerprint density at radius 2 is 1.95 bits per heavy atom. The minimum atomic E-state index is 0.0288. The van der Waals surface area contributed by atoms with Crippen molar-refractivity contribution in [2.45, 2.75) is 46.0 Å². The molecule has 0 saturated heterocycles. The summed E-state index contributed by atoms with van der Waals surface area (Å²) in [6.07, 6.45) is 6.36. The molecule has 1 aromatic rings. The summed E-state index contributed by atoms with van der Waals surface area (Å²) in [6, 6.07) is 5.90. The van der Waals surface area contributed by atoms with Crippen molar-refractivity contribution in [3.8, 4) is 0 Å². The van der Waals surface area contributed by atoms with Crippen molar-refractivity contribution < 1.29 is 4.79 Å². The topological polar surface area (TPSA) is 41.1 Å². The van der Waals surface area contributed by atoms with Crippen LogP contribution in [0.3, 0.4) is 0 Å². The first kappa shape index (κ1) is 14.9. The zero-order valence-corrected chi connectivity index (χ0v) is 12.9. The van der Waals surface area contributed by atoms with Gasteiger partial charge in [0, 0.05) is 19.3 Å². The molecule has 3 nitrogen and oxygen atoms in total. The van der Waals surface area contributed by atoms with Crippen LogP contribution < -0.4 is 10.6 Å². The number of carbonyl (C=O) groups is 1. The van der Waals surface area contributed by atoms with E-state index in [4.69, 9.17) is 0 Å². The Labute approximate surface area is 122 Å². The average Bonchev–Trinajstić information content (AvgIpc) is 2.45. The molecular formula is C17H26N2O. The average molecular weight is 274 g/mol. The molecule has 1 aliphatic rings. The van der Waals surface area contributed by atoms with E-state index in [0.29, 0.717) is 0 Å². The van der Waals surface area contributed by atoms with Gasteiger partial charge in [-0.3, -0.25) is 4.79 Å². The van der Waals surface area contributed by atoms with Gasteiger partial charge in [0.2, 0.25) is 0 Å². The van der Waals surface area contributed by atoms with E-state index in [1.54, 1.807) is 0 Å². The van der Waals surface area contributed by atoms with Gasteiger partial charge in [0.1, 0.15) is 0 Å². The normalized spacial score (nSPS) is 17.6. The molecule has 2 N–H and O–H groups in total. The SMILES string of the molecule is CNc1cc(C)ccc1C(=O)NCC1(C)CCCCC1. The monoisotopic (exact) mass is 274 g/mol. The van der Waals surface area contributed by atoms with Crippen molar-refractivity contribution in [2.75, 3.05) is 18.9 Å². The molecule has 1 aliphatic carbocycles. The second-order valence-corrected chi connectivity index (χ2v) is 6.35. The van der Waals surface area contributed by atoms with Gasteiger partial charge in [-0.15, -0.1) is 0 Å². The molecular weight excluding hydrogens is 248 g/mol. The van der Waals surface area contributed by atoms with E-state index in [1.807, 2.05) is 32.2 Å². The van der Waals surface area contributed by atoms with Gasteiger partial charge in [-0.2, -0.15) is 0 Å². The van der Waals surface area contributed by atoms with E-state index >= 15 is 0 Å². The number of aryl methyl sites for hydroxylation is 1. The highest BCUT2D eigenvalue weighted by Gasteiger charge is 2.27. The van der Waals surface area contributed by atoms with Crippen LogP contribution in [0.15, 0.2) is 18.2 Å². The van der Waals surface area contributed by atoms with Crippen molar-refractivity contribution in [1.82, 2.24) is 5.32 Å². The van der Waals surface area contributed by atoms with Crippen molar-refractivity contribution >= 4 is 11.6 Å². The lowest BCUT2D eigenvalue weighted by Gasteiger charge is -2.33.